The number of aliphatic carboxylic acids is 1. The van der Waals surface area contributed by atoms with Gasteiger partial charge in [-0.25, -0.2) is 4.79 Å². The number of carboxylic acid groups (broad SMARTS) is 1. The zero-order valence-corrected chi connectivity index (χ0v) is 21.9. The smallest absolute Gasteiger partial charge is 0.328 e. The molecule has 11 heteroatoms. The Morgan fingerprint density at radius 2 is 1.89 bits per heavy atom. The van der Waals surface area contributed by atoms with Gasteiger partial charge in [-0.05, 0) is 49.3 Å². The van der Waals surface area contributed by atoms with Crippen LogP contribution < -0.4 is 14.8 Å². The van der Waals surface area contributed by atoms with Crippen LogP contribution in [-0.2, 0) is 14.4 Å². The molecule has 0 spiro atoms. The number of nitrogens with one attached hydrogen (secondary N) is 1. The van der Waals surface area contributed by atoms with Crippen LogP contribution in [0.4, 0.5) is 5.69 Å². The second kappa shape index (κ2) is 15.0. The standard InChI is InChI=1S/C25H25Cl3N2O6/c1-16(20-14-19(35-13-11-22(27)28)15-21(26)25(20)34-2)30-36-12-3-4-23(31)29-18-8-5-17(6-9-18)7-10-24(32)33/h5-11,14-15H,3-4,12-13H2,1-2H3,(H,29,31)(H,32,33)/b10-7+,30-16+. The fourth-order valence-corrected chi connectivity index (χ4v) is 3.30. The third-order valence-electron chi connectivity index (χ3n) is 4.55. The number of hydrogen-bond donors (Lipinski definition) is 2. The summed E-state index contributed by atoms with van der Waals surface area (Å²) in [4.78, 5) is 28.1. The van der Waals surface area contributed by atoms with Crippen molar-refractivity contribution >= 4 is 64.2 Å². The number of anilines is 1. The third kappa shape index (κ3) is 10.2. The van der Waals surface area contributed by atoms with Gasteiger partial charge in [0.05, 0.1) is 17.8 Å². The molecule has 0 radical (unpaired) electrons. The molecule has 2 aromatic rings. The lowest BCUT2D eigenvalue weighted by atomic mass is 10.1. The van der Waals surface area contributed by atoms with E-state index in [9.17, 15) is 9.59 Å². The lowest BCUT2D eigenvalue weighted by Crippen LogP contribution is -2.12. The van der Waals surface area contributed by atoms with Crippen LogP contribution in [0, 0.1) is 0 Å². The number of carbonyl (C=O) groups excluding carboxylic acids is 1. The molecule has 2 rings (SSSR count). The Kier molecular flexibility index (Phi) is 12.1. The number of ether oxygens (including phenoxy) is 2. The summed E-state index contributed by atoms with van der Waals surface area (Å²) in [6.07, 6.45) is 4.68. The van der Waals surface area contributed by atoms with Gasteiger partial charge in [-0.15, -0.1) is 0 Å². The minimum absolute atomic E-state index is 0.0953. The third-order valence-corrected chi connectivity index (χ3v) is 5.14. The first-order valence-corrected chi connectivity index (χ1v) is 11.8. The molecule has 192 valence electrons. The number of hydrogen-bond acceptors (Lipinski definition) is 6. The van der Waals surface area contributed by atoms with E-state index >= 15 is 0 Å². The Balaban J connectivity index is 1.87. The highest BCUT2D eigenvalue weighted by atomic mass is 35.5. The average molecular weight is 556 g/mol. The van der Waals surface area contributed by atoms with Crippen LogP contribution in [0.25, 0.3) is 6.08 Å². The molecule has 0 aliphatic heterocycles. The van der Waals surface area contributed by atoms with Gasteiger partial charge in [0.2, 0.25) is 5.91 Å². The van der Waals surface area contributed by atoms with Crippen LogP contribution in [0.1, 0.15) is 30.9 Å². The Morgan fingerprint density at radius 1 is 1.17 bits per heavy atom. The molecule has 36 heavy (non-hydrogen) atoms. The predicted octanol–water partition coefficient (Wildman–Crippen LogP) is 6.30. The van der Waals surface area contributed by atoms with E-state index in [1.807, 2.05) is 0 Å². The second-order valence-electron chi connectivity index (χ2n) is 7.25. The fourth-order valence-electron chi connectivity index (χ4n) is 2.89. The molecule has 8 nitrogen and oxygen atoms in total. The summed E-state index contributed by atoms with van der Waals surface area (Å²) in [5.41, 5.74) is 2.41. The molecule has 0 bridgehead atoms. The van der Waals surface area contributed by atoms with E-state index in [2.05, 4.69) is 10.5 Å². The maximum atomic E-state index is 12.2. The van der Waals surface area contributed by atoms with Crippen LogP contribution in [0.15, 0.2) is 58.2 Å². The van der Waals surface area contributed by atoms with Gasteiger partial charge in [-0.1, -0.05) is 52.1 Å². The van der Waals surface area contributed by atoms with E-state index in [4.69, 9.17) is 54.2 Å². The van der Waals surface area contributed by atoms with Crippen LogP contribution in [0.2, 0.25) is 5.02 Å². The first-order chi connectivity index (χ1) is 17.2. The van der Waals surface area contributed by atoms with Crippen molar-refractivity contribution in [3.63, 3.8) is 0 Å². The van der Waals surface area contributed by atoms with E-state index in [0.29, 0.717) is 45.5 Å². The van der Waals surface area contributed by atoms with E-state index in [1.165, 1.54) is 19.3 Å². The Morgan fingerprint density at radius 3 is 2.53 bits per heavy atom. The second-order valence-corrected chi connectivity index (χ2v) is 8.66. The lowest BCUT2D eigenvalue weighted by Gasteiger charge is -2.13. The van der Waals surface area contributed by atoms with Gasteiger partial charge in [0.25, 0.3) is 0 Å². The maximum Gasteiger partial charge on any atom is 0.328 e. The summed E-state index contributed by atoms with van der Waals surface area (Å²) >= 11 is 17.5. The Labute approximate surface area is 224 Å². The summed E-state index contributed by atoms with van der Waals surface area (Å²) in [5, 5.41) is 15.9. The first-order valence-electron chi connectivity index (χ1n) is 10.7. The van der Waals surface area contributed by atoms with Crippen LogP contribution in [-0.4, -0.2) is 43.0 Å². The van der Waals surface area contributed by atoms with Crippen molar-refractivity contribution in [1.82, 2.24) is 0 Å². The normalized spacial score (nSPS) is 11.2. The zero-order valence-electron chi connectivity index (χ0n) is 19.6. The molecule has 0 atom stereocenters. The minimum atomic E-state index is -1.03. The predicted molar refractivity (Wildman–Crippen MR) is 142 cm³/mol. The molecule has 0 fully saturated rings. The summed E-state index contributed by atoms with van der Waals surface area (Å²) in [6, 6.07) is 10.1. The van der Waals surface area contributed by atoms with E-state index in [1.54, 1.807) is 43.3 Å². The molecule has 2 aromatic carbocycles. The number of methoxy groups -OCH3 is 1. The minimum Gasteiger partial charge on any atom is -0.494 e. The number of carbonyl (C=O) groups is 2. The topological polar surface area (TPSA) is 106 Å². The van der Waals surface area contributed by atoms with Crippen molar-refractivity contribution in [3.05, 3.63) is 69.2 Å². The monoisotopic (exact) mass is 554 g/mol. The number of amides is 1. The lowest BCUT2D eigenvalue weighted by molar-refractivity contribution is -0.131. The van der Waals surface area contributed by atoms with Crippen molar-refractivity contribution < 1.29 is 29.0 Å². The maximum absolute atomic E-state index is 12.2. The largest absolute Gasteiger partial charge is 0.494 e. The molecule has 0 aromatic heterocycles. The number of carboxylic acids is 1. The molecule has 0 aliphatic rings. The molecule has 0 heterocycles. The van der Waals surface area contributed by atoms with Gasteiger partial charge < -0.3 is 24.7 Å². The van der Waals surface area contributed by atoms with Crippen LogP contribution in [0.3, 0.4) is 0 Å². The molecule has 2 N–H and O–H groups in total. The highest BCUT2D eigenvalue weighted by Crippen LogP contribution is 2.34. The SMILES string of the molecule is COc1c(Cl)cc(OCC=C(Cl)Cl)cc1/C(C)=N/OCCCC(=O)Nc1ccc(/C=C/C(=O)O)cc1. The summed E-state index contributed by atoms with van der Waals surface area (Å²) in [5.74, 6) is -0.318. The fraction of sp³-hybridized carbons (Fsp3) is 0.240. The van der Waals surface area contributed by atoms with E-state index in [-0.39, 0.29) is 30.0 Å². The van der Waals surface area contributed by atoms with Gasteiger partial charge >= 0.3 is 5.97 Å². The zero-order chi connectivity index (χ0) is 26.5. The van der Waals surface area contributed by atoms with Crippen molar-refractivity contribution in [2.75, 3.05) is 25.6 Å². The van der Waals surface area contributed by atoms with Crippen molar-refractivity contribution in [2.45, 2.75) is 19.8 Å². The molecular formula is C25H25Cl3N2O6. The molecule has 0 aliphatic carbocycles. The molecular weight excluding hydrogens is 531 g/mol. The summed E-state index contributed by atoms with van der Waals surface area (Å²) in [6.45, 7) is 2.11. The quantitative estimate of drug-likeness (QED) is 0.130. The van der Waals surface area contributed by atoms with Gasteiger partial charge in [0.15, 0.2) is 0 Å². The van der Waals surface area contributed by atoms with Gasteiger partial charge in [-0.3, -0.25) is 4.79 Å². The van der Waals surface area contributed by atoms with Crippen molar-refractivity contribution in [2.24, 2.45) is 5.16 Å². The summed E-state index contributed by atoms with van der Waals surface area (Å²) in [7, 11) is 1.49. The highest BCUT2D eigenvalue weighted by Gasteiger charge is 2.14. The van der Waals surface area contributed by atoms with E-state index in [0.717, 1.165) is 6.08 Å². The molecule has 0 saturated heterocycles. The Hall–Kier alpha value is -3.20. The van der Waals surface area contributed by atoms with Crippen LogP contribution >= 0.6 is 34.8 Å². The highest BCUT2D eigenvalue weighted by molar-refractivity contribution is 6.55. The first kappa shape index (κ1) is 29.0. The van der Waals surface area contributed by atoms with Gasteiger partial charge in [-0.2, -0.15) is 0 Å². The number of nitrogens with zero attached hydrogens (tertiary/aromatic N) is 1. The number of oxime groups is 1. The Bertz CT molecular complexity index is 1140. The average Bonchev–Trinajstić information content (AvgIpc) is 2.82. The summed E-state index contributed by atoms with van der Waals surface area (Å²) < 4.78 is 11.1. The number of rotatable bonds is 13. The van der Waals surface area contributed by atoms with E-state index < -0.39 is 5.97 Å². The van der Waals surface area contributed by atoms with Crippen molar-refractivity contribution in [3.8, 4) is 11.5 Å². The number of halogens is 3. The number of benzene rings is 2. The van der Waals surface area contributed by atoms with Gasteiger partial charge in [0, 0.05) is 29.8 Å². The van der Waals surface area contributed by atoms with Crippen LogP contribution in [0.5, 0.6) is 11.5 Å². The van der Waals surface area contributed by atoms with Gasteiger partial charge in [0.1, 0.15) is 29.2 Å². The van der Waals surface area contributed by atoms with Crippen molar-refractivity contribution in [1.29, 1.82) is 0 Å². The molecule has 0 saturated carbocycles. The molecule has 1 amide bonds. The molecule has 0 unspecified atom stereocenters.